The van der Waals surface area contributed by atoms with Crippen molar-refractivity contribution in [1.82, 2.24) is 0 Å². The van der Waals surface area contributed by atoms with Crippen LogP contribution in [0.15, 0.2) is 17.1 Å². The van der Waals surface area contributed by atoms with E-state index in [-0.39, 0.29) is 18.7 Å². The van der Waals surface area contributed by atoms with E-state index in [1.807, 2.05) is 0 Å². The summed E-state index contributed by atoms with van der Waals surface area (Å²) in [5, 5.41) is 0. The van der Waals surface area contributed by atoms with E-state index in [0.717, 1.165) is 0 Å². The predicted octanol–water partition coefficient (Wildman–Crippen LogP) is 0.857. The molecule has 0 saturated heterocycles. The van der Waals surface area contributed by atoms with E-state index in [1.54, 1.807) is 6.92 Å². The van der Waals surface area contributed by atoms with Crippen molar-refractivity contribution < 1.29 is 9.59 Å². The quantitative estimate of drug-likeness (QED) is 0.329. The summed E-state index contributed by atoms with van der Waals surface area (Å²) >= 11 is 0. The van der Waals surface area contributed by atoms with Crippen molar-refractivity contribution in [2.24, 2.45) is 4.99 Å². The third-order valence-corrected chi connectivity index (χ3v) is 0.991. The maximum atomic E-state index is 10.7. The lowest BCUT2D eigenvalue weighted by atomic mass is 10.2. The second-order valence-corrected chi connectivity index (χ2v) is 1.93. The number of ketones is 1. The fraction of sp³-hybridized carbons (Fsp3) is 0.429. The number of hydrogen-bond donors (Lipinski definition) is 0. The molecule has 3 nitrogen and oxygen atoms in total. The molecule has 10 heavy (non-hydrogen) atoms. The molecule has 0 bridgehead atoms. The van der Waals surface area contributed by atoms with Crippen molar-refractivity contribution >= 4 is 11.9 Å². The zero-order valence-electron chi connectivity index (χ0n) is 5.89. The molecule has 0 saturated carbocycles. The molecule has 0 aliphatic rings. The SMILES string of the molecule is C=C(C)C(=O)CCN=C=O. The van der Waals surface area contributed by atoms with Gasteiger partial charge < -0.3 is 0 Å². The van der Waals surface area contributed by atoms with Crippen LogP contribution >= 0.6 is 0 Å². The van der Waals surface area contributed by atoms with Crippen molar-refractivity contribution in [3.05, 3.63) is 12.2 Å². The highest BCUT2D eigenvalue weighted by Gasteiger charge is 1.99. The van der Waals surface area contributed by atoms with Crippen LogP contribution in [0.4, 0.5) is 0 Å². The number of allylic oxidation sites excluding steroid dienone is 1. The minimum absolute atomic E-state index is 0.0565. The van der Waals surface area contributed by atoms with E-state index in [0.29, 0.717) is 5.57 Å². The molecular weight excluding hydrogens is 130 g/mol. The molecule has 0 N–H and O–H groups in total. The summed E-state index contributed by atoms with van der Waals surface area (Å²) in [6, 6.07) is 0. The van der Waals surface area contributed by atoms with Gasteiger partial charge in [0.2, 0.25) is 6.08 Å². The molecule has 0 heterocycles. The van der Waals surface area contributed by atoms with Gasteiger partial charge in [-0.05, 0) is 12.5 Å². The molecule has 0 rings (SSSR count). The number of isocyanates is 1. The predicted molar refractivity (Wildman–Crippen MR) is 37.4 cm³/mol. The second kappa shape index (κ2) is 4.65. The monoisotopic (exact) mass is 139 g/mol. The molecule has 0 aromatic heterocycles. The molecule has 0 aliphatic heterocycles. The zero-order valence-corrected chi connectivity index (χ0v) is 5.89. The maximum Gasteiger partial charge on any atom is 0.234 e. The molecule has 0 fully saturated rings. The van der Waals surface area contributed by atoms with Gasteiger partial charge in [-0.2, -0.15) is 0 Å². The summed E-state index contributed by atoms with van der Waals surface area (Å²) in [5.41, 5.74) is 0.501. The molecule has 0 amide bonds. The van der Waals surface area contributed by atoms with Crippen LogP contribution in [-0.4, -0.2) is 18.4 Å². The van der Waals surface area contributed by atoms with Gasteiger partial charge in [-0.3, -0.25) is 4.79 Å². The van der Waals surface area contributed by atoms with Gasteiger partial charge in [-0.1, -0.05) is 6.58 Å². The Balaban J connectivity index is 3.60. The molecule has 0 spiro atoms. The van der Waals surface area contributed by atoms with Gasteiger partial charge >= 0.3 is 0 Å². The van der Waals surface area contributed by atoms with Gasteiger partial charge in [0.1, 0.15) is 0 Å². The Morgan fingerprint density at radius 3 is 2.70 bits per heavy atom. The molecule has 54 valence electrons. The van der Waals surface area contributed by atoms with Gasteiger partial charge in [0.05, 0.1) is 6.54 Å². The van der Waals surface area contributed by atoms with E-state index >= 15 is 0 Å². The molecule has 3 heteroatoms. The number of hydrogen-bond acceptors (Lipinski definition) is 3. The van der Waals surface area contributed by atoms with Gasteiger partial charge in [0, 0.05) is 6.42 Å². The topological polar surface area (TPSA) is 46.5 Å². The van der Waals surface area contributed by atoms with E-state index in [2.05, 4.69) is 11.6 Å². The van der Waals surface area contributed by atoms with Crippen molar-refractivity contribution in [3.8, 4) is 0 Å². The molecule has 0 aromatic rings. The minimum Gasteiger partial charge on any atom is -0.295 e. The lowest BCUT2D eigenvalue weighted by Gasteiger charge is -1.92. The average Bonchev–Trinajstić information content (AvgIpc) is 1.88. The number of Topliss-reactive ketones (excluding diaryl/α,β-unsaturated/α-hetero) is 1. The maximum absolute atomic E-state index is 10.7. The van der Waals surface area contributed by atoms with Crippen molar-refractivity contribution in [1.29, 1.82) is 0 Å². The van der Waals surface area contributed by atoms with E-state index in [9.17, 15) is 9.59 Å². The first kappa shape index (κ1) is 8.79. The Morgan fingerprint density at radius 2 is 2.30 bits per heavy atom. The van der Waals surface area contributed by atoms with E-state index < -0.39 is 0 Å². The molecule has 0 radical (unpaired) electrons. The highest BCUT2D eigenvalue weighted by molar-refractivity contribution is 5.94. The van der Waals surface area contributed by atoms with Gasteiger partial charge in [0.15, 0.2) is 5.78 Å². The summed E-state index contributed by atoms with van der Waals surface area (Å²) in [4.78, 5) is 23.5. The molecule has 0 unspecified atom stereocenters. The van der Waals surface area contributed by atoms with Crippen molar-refractivity contribution in [2.75, 3.05) is 6.54 Å². The summed E-state index contributed by atoms with van der Waals surface area (Å²) in [7, 11) is 0. The second-order valence-electron chi connectivity index (χ2n) is 1.93. The molecular formula is C7H9NO2. The average molecular weight is 139 g/mol. The summed E-state index contributed by atoms with van der Waals surface area (Å²) in [6.07, 6.45) is 1.61. The highest BCUT2D eigenvalue weighted by atomic mass is 16.1. The summed E-state index contributed by atoms with van der Waals surface area (Å²) in [6.45, 7) is 5.29. The Kier molecular flexibility index (Phi) is 4.09. The third-order valence-electron chi connectivity index (χ3n) is 0.991. The fourth-order valence-electron chi connectivity index (χ4n) is 0.416. The Morgan fingerprint density at radius 1 is 1.70 bits per heavy atom. The van der Waals surface area contributed by atoms with Gasteiger partial charge in [0.25, 0.3) is 0 Å². The standard InChI is InChI=1S/C7H9NO2/c1-6(2)7(10)3-4-8-5-9/h1,3-4H2,2H3. The number of carbonyl (C=O) groups excluding carboxylic acids is 2. The van der Waals surface area contributed by atoms with Crippen LogP contribution in [0.3, 0.4) is 0 Å². The van der Waals surface area contributed by atoms with Gasteiger partial charge in [-0.15, -0.1) is 0 Å². The first-order valence-electron chi connectivity index (χ1n) is 2.91. The fourth-order valence-corrected chi connectivity index (χ4v) is 0.416. The van der Waals surface area contributed by atoms with Crippen molar-refractivity contribution in [2.45, 2.75) is 13.3 Å². The normalized spacial score (nSPS) is 8.10. The third kappa shape index (κ3) is 3.75. The van der Waals surface area contributed by atoms with Crippen LogP contribution < -0.4 is 0 Å². The molecule has 0 atom stereocenters. The number of aliphatic imine (C=N–C) groups is 1. The molecule has 0 aliphatic carbocycles. The summed E-state index contributed by atoms with van der Waals surface area (Å²) < 4.78 is 0. The Hall–Kier alpha value is -1.21. The van der Waals surface area contributed by atoms with Crippen LogP contribution in [0, 0.1) is 0 Å². The highest BCUT2D eigenvalue weighted by Crippen LogP contribution is 1.94. The smallest absolute Gasteiger partial charge is 0.234 e. The zero-order chi connectivity index (χ0) is 7.98. The van der Waals surface area contributed by atoms with Crippen LogP contribution in [-0.2, 0) is 9.59 Å². The minimum atomic E-state index is -0.0565. The largest absolute Gasteiger partial charge is 0.295 e. The lowest BCUT2D eigenvalue weighted by Crippen LogP contribution is -1.99. The van der Waals surface area contributed by atoms with E-state index in [1.165, 1.54) is 6.08 Å². The van der Waals surface area contributed by atoms with Crippen LogP contribution in [0.25, 0.3) is 0 Å². The van der Waals surface area contributed by atoms with Crippen LogP contribution in [0.5, 0.6) is 0 Å². The Labute approximate surface area is 59.5 Å². The number of nitrogens with zero attached hydrogens (tertiary/aromatic N) is 1. The Bertz CT molecular complexity index is 190. The lowest BCUT2D eigenvalue weighted by molar-refractivity contribution is -0.115. The molecule has 0 aromatic carbocycles. The first-order chi connectivity index (χ1) is 4.68. The number of carbonyl (C=O) groups is 1. The van der Waals surface area contributed by atoms with Crippen LogP contribution in [0.2, 0.25) is 0 Å². The van der Waals surface area contributed by atoms with Crippen molar-refractivity contribution in [3.63, 3.8) is 0 Å². The first-order valence-corrected chi connectivity index (χ1v) is 2.91. The van der Waals surface area contributed by atoms with Crippen LogP contribution in [0.1, 0.15) is 13.3 Å². The summed E-state index contributed by atoms with van der Waals surface area (Å²) in [5.74, 6) is -0.0565. The van der Waals surface area contributed by atoms with Gasteiger partial charge in [-0.25, -0.2) is 9.79 Å². The van der Waals surface area contributed by atoms with E-state index in [4.69, 9.17) is 0 Å². The number of rotatable bonds is 4.